The lowest BCUT2D eigenvalue weighted by Gasteiger charge is -2.18. The molecule has 0 spiro atoms. The van der Waals surface area contributed by atoms with Crippen LogP contribution in [-0.4, -0.2) is 25.7 Å². The first kappa shape index (κ1) is 21.7. The number of amides is 1. The van der Waals surface area contributed by atoms with E-state index in [0.717, 1.165) is 40.5 Å². The number of nitrogens with zero attached hydrogens (tertiary/aromatic N) is 4. The molecule has 0 bridgehead atoms. The topological polar surface area (TPSA) is 72.7 Å². The number of carbonyl (C=O) groups is 1. The summed E-state index contributed by atoms with van der Waals surface area (Å²) >= 11 is 7.67. The fourth-order valence-corrected chi connectivity index (χ4v) is 4.88. The summed E-state index contributed by atoms with van der Waals surface area (Å²) in [6, 6.07) is 19.5. The third-order valence-corrected chi connectivity index (χ3v) is 7.12. The second-order valence-electron chi connectivity index (χ2n) is 8.01. The summed E-state index contributed by atoms with van der Waals surface area (Å²) in [6.07, 6.45) is 5.68. The maximum absolute atomic E-state index is 13.4. The van der Waals surface area contributed by atoms with Crippen molar-refractivity contribution in [3.63, 3.8) is 0 Å². The summed E-state index contributed by atoms with van der Waals surface area (Å²) in [5, 5.41) is 12.8. The zero-order valence-electron chi connectivity index (χ0n) is 18.0. The molecule has 33 heavy (non-hydrogen) atoms. The van der Waals surface area contributed by atoms with Gasteiger partial charge in [0, 0.05) is 34.7 Å². The monoisotopic (exact) mass is 475 g/mol. The number of nitrogens with one attached hydrogen (secondary N) is 1. The van der Waals surface area contributed by atoms with Gasteiger partial charge in [0.1, 0.15) is 5.25 Å². The molecule has 2 heterocycles. The van der Waals surface area contributed by atoms with E-state index < -0.39 is 5.25 Å². The van der Waals surface area contributed by atoms with Crippen LogP contribution in [0.4, 0.5) is 5.69 Å². The summed E-state index contributed by atoms with van der Waals surface area (Å²) in [5.74, 6) is 0.644. The van der Waals surface area contributed by atoms with Gasteiger partial charge in [-0.3, -0.25) is 14.3 Å². The number of aryl methyl sites for hydroxylation is 1. The largest absolute Gasteiger partial charge is 0.325 e. The van der Waals surface area contributed by atoms with Crippen molar-refractivity contribution >= 4 is 35.0 Å². The van der Waals surface area contributed by atoms with E-state index in [4.69, 9.17) is 11.6 Å². The van der Waals surface area contributed by atoms with Crippen LogP contribution in [0, 0.1) is 6.92 Å². The van der Waals surface area contributed by atoms with Crippen molar-refractivity contribution in [2.45, 2.75) is 36.2 Å². The highest BCUT2D eigenvalue weighted by Crippen LogP contribution is 2.44. The molecular formula is C25H22ClN5OS. The van der Waals surface area contributed by atoms with Crippen LogP contribution < -0.4 is 5.32 Å². The molecule has 1 atom stereocenters. The quantitative estimate of drug-likeness (QED) is 0.326. The first-order chi connectivity index (χ1) is 16.1. The summed E-state index contributed by atoms with van der Waals surface area (Å²) in [6.45, 7) is 1.93. The molecule has 2 aromatic carbocycles. The number of halogens is 1. The lowest BCUT2D eigenvalue weighted by molar-refractivity contribution is -0.115. The summed E-state index contributed by atoms with van der Waals surface area (Å²) in [5.41, 5.74) is 3.44. The Morgan fingerprint density at radius 2 is 1.94 bits per heavy atom. The lowest BCUT2D eigenvalue weighted by Crippen LogP contribution is -2.19. The van der Waals surface area contributed by atoms with Gasteiger partial charge >= 0.3 is 0 Å². The fourth-order valence-electron chi connectivity index (χ4n) is 3.60. The fraction of sp³-hybridized carbons (Fsp3) is 0.200. The Labute approximate surface area is 201 Å². The molecule has 0 saturated heterocycles. The van der Waals surface area contributed by atoms with Gasteiger partial charge < -0.3 is 5.32 Å². The first-order valence-electron chi connectivity index (χ1n) is 10.7. The first-order valence-corrected chi connectivity index (χ1v) is 12.0. The number of hydrogen-bond donors (Lipinski definition) is 1. The smallest absolute Gasteiger partial charge is 0.242 e. The minimum Gasteiger partial charge on any atom is -0.325 e. The van der Waals surface area contributed by atoms with Crippen molar-refractivity contribution in [1.82, 2.24) is 19.7 Å². The van der Waals surface area contributed by atoms with E-state index in [2.05, 4.69) is 25.1 Å². The Hall–Kier alpha value is -3.16. The van der Waals surface area contributed by atoms with Crippen molar-refractivity contribution < 1.29 is 4.79 Å². The van der Waals surface area contributed by atoms with Crippen molar-refractivity contribution in [3.8, 4) is 11.4 Å². The molecule has 5 rings (SSSR count). The Morgan fingerprint density at radius 1 is 1.12 bits per heavy atom. The normalized spacial score (nSPS) is 14.1. The molecule has 1 amide bonds. The number of benzene rings is 2. The molecule has 1 fully saturated rings. The molecule has 4 aromatic rings. The van der Waals surface area contributed by atoms with Crippen LogP contribution in [0.2, 0.25) is 5.02 Å². The van der Waals surface area contributed by atoms with Crippen LogP contribution >= 0.6 is 23.4 Å². The van der Waals surface area contributed by atoms with Gasteiger partial charge in [-0.15, -0.1) is 10.2 Å². The van der Waals surface area contributed by atoms with Gasteiger partial charge in [-0.25, -0.2) is 0 Å². The number of hydrogen-bond acceptors (Lipinski definition) is 5. The Kier molecular flexibility index (Phi) is 6.15. The van der Waals surface area contributed by atoms with Crippen molar-refractivity contribution in [3.05, 3.63) is 89.2 Å². The molecule has 1 unspecified atom stereocenters. The van der Waals surface area contributed by atoms with E-state index in [1.165, 1.54) is 11.8 Å². The molecule has 1 saturated carbocycles. The average Bonchev–Trinajstić information content (AvgIpc) is 3.60. The number of thioether (sulfide) groups is 1. The molecule has 6 nitrogen and oxygen atoms in total. The van der Waals surface area contributed by atoms with Crippen LogP contribution in [0.25, 0.3) is 11.4 Å². The lowest BCUT2D eigenvalue weighted by atomic mass is 10.1. The van der Waals surface area contributed by atoms with Gasteiger partial charge in [-0.1, -0.05) is 59.8 Å². The highest BCUT2D eigenvalue weighted by Gasteiger charge is 2.33. The number of anilines is 1. The van der Waals surface area contributed by atoms with Gasteiger partial charge in [-0.2, -0.15) is 0 Å². The minimum atomic E-state index is -0.505. The zero-order valence-corrected chi connectivity index (χ0v) is 19.6. The molecule has 166 valence electrons. The molecule has 1 N–H and O–H groups in total. The van der Waals surface area contributed by atoms with Crippen LogP contribution in [0.15, 0.2) is 78.2 Å². The average molecular weight is 476 g/mol. The van der Waals surface area contributed by atoms with E-state index in [1.54, 1.807) is 18.5 Å². The third kappa shape index (κ3) is 4.79. The molecule has 0 radical (unpaired) electrons. The van der Waals surface area contributed by atoms with Gasteiger partial charge in [0.2, 0.25) is 5.91 Å². The summed E-state index contributed by atoms with van der Waals surface area (Å²) in [7, 11) is 0. The Morgan fingerprint density at radius 3 is 2.64 bits per heavy atom. The molecule has 2 aromatic heterocycles. The Bertz CT molecular complexity index is 1270. The van der Waals surface area contributed by atoms with E-state index in [9.17, 15) is 4.79 Å². The van der Waals surface area contributed by atoms with Crippen molar-refractivity contribution in [1.29, 1.82) is 0 Å². The van der Waals surface area contributed by atoms with E-state index >= 15 is 0 Å². The molecule has 1 aliphatic carbocycles. The van der Waals surface area contributed by atoms with Crippen LogP contribution in [-0.2, 0) is 4.79 Å². The maximum Gasteiger partial charge on any atom is 0.242 e. The van der Waals surface area contributed by atoms with E-state index in [-0.39, 0.29) is 5.91 Å². The third-order valence-electron chi connectivity index (χ3n) is 5.50. The maximum atomic E-state index is 13.4. The minimum absolute atomic E-state index is 0.139. The highest BCUT2D eigenvalue weighted by atomic mass is 35.5. The van der Waals surface area contributed by atoms with Gasteiger partial charge in [0.05, 0.1) is 0 Å². The highest BCUT2D eigenvalue weighted by molar-refractivity contribution is 8.00. The molecule has 8 heteroatoms. The second-order valence-corrected chi connectivity index (χ2v) is 9.49. The van der Waals surface area contributed by atoms with Gasteiger partial charge in [-0.05, 0) is 55.2 Å². The van der Waals surface area contributed by atoms with E-state index in [1.807, 2.05) is 61.5 Å². The predicted molar refractivity (Wildman–Crippen MR) is 131 cm³/mol. The van der Waals surface area contributed by atoms with Crippen LogP contribution in [0.3, 0.4) is 0 Å². The summed E-state index contributed by atoms with van der Waals surface area (Å²) in [4.78, 5) is 17.7. The predicted octanol–water partition coefficient (Wildman–Crippen LogP) is 6.11. The van der Waals surface area contributed by atoms with Crippen LogP contribution in [0.5, 0.6) is 0 Å². The Balaban J connectivity index is 1.48. The zero-order chi connectivity index (χ0) is 22.8. The van der Waals surface area contributed by atoms with Crippen LogP contribution in [0.1, 0.15) is 35.3 Å². The van der Waals surface area contributed by atoms with E-state index in [0.29, 0.717) is 16.8 Å². The number of rotatable bonds is 7. The van der Waals surface area contributed by atoms with Crippen molar-refractivity contribution in [2.24, 2.45) is 0 Å². The number of aromatic nitrogens is 4. The molecule has 0 aliphatic heterocycles. The molecular weight excluding hydrogens is 454 g/mol. The van der Waals surface area contributed by atoms with Crippen molar-refractivity contribution in [2.75, 3.05) is 5.32 Å². The second kappa shape index (κ2) is 9.37. The standard InChI is InChI=1S/C25H22ClN5OS/c1-16-9-10-19(14-21(16)26)28-24(32)22(17-6-3-2-4-7-17)33-25-30-29-23(31(25)20-11-12-20)18-8-5-13-27-15-18/h2-10,13-15,20,22H,11-12H2,1H3,(H,28,32). The van der Waals surface area contributed by atoms with Gasteiger partial charge in [0.25, 0.3) is 0 Å². The SMILES string of the molecule is Cc1ccc(NC(=O)C(Sc2nnc(-c3cccnc3)n2C2CC2)c2ccccc2)cc1Cl. The summed E-state index contributed by atoms with van der Waals surface area (Å²) < 4.78 is 2.15. The molecule has 1 aliphatic rings. The number of pyridine rings is 1. The number of carbonyl (C=O) groups excluding carboxylic acids is 1. The van der Waals surface area contributed by atoms with Gasteiger partial charge in [0.15, 0.2) is 11.0 Å².